The predicted octanol–water partition coefficient (Wildman–Crippen LogP) is 3.67. The van der Waals surface area contributed by atoms with Crippen molar-refractivity contribution < 1.29 is 4.79 Å². The lowest BCUT2D eigenvalue weighted by Crippen LogP contribution is -2.39. The Morgan fingerprint density at radius 3 is 2.57 bits per heavy atom. The summed E-state index contributed by atoms with van der Waals surface area (Å²) in [5.74, 6) is -0.149. The number of carbonyl (C=O) groups excluding carboxylic acids is 1. The number of rotatable bonds is 5. The summed E-state index contributed by atoms with van der Waals surface area (Å²) in [7, 11) is 1.88. The first-order chi connectivity index (χ1) is 11.0. The van der Waals surface area contributed by atoms with E-state index in [0.717, 1.165) is 5.56 Å². The Kier molecular flexibility index (Phi) is 5.75. The molecule has 0 aromatic heterocycles. The molecule has 4 nitrogen and oxygen atoms in total. The Morgan fingerprint density at radius 1 is 1.26 bits per heavy atom. The van der Waals surface area contributed by atoms with E-state index in [1.807, 2.05) is 43.1 Å². The van der Waals surface area contributed by atoms with Gasteiger partial charge < -0.3 is 5.32 Å². The van der Waals surface area contributed by atoms with Gasteiger partial charge in [0, 0.05) is 11.6 Å². The van der Waals surface area contributed by atoms with Crippen molar-refractivity contribution in [2.75, 3.05) is 12.4 Å². The Balaban J connectivity index is 2.01. The van der Waals surface area contributed by atoms with E-state index >= 15 is 0 Å². The van der Waals surface area contributed by atoms with Gasteiger partial charge in [0.05, 0.1) is 17.3 Å². The summed E-state index contributed by atoms with van der Waals surface area (Å²) in [6.07, 6.45) is 0. The van der Waals surface area contributed by atoms with Gasteiger partial charge in [-0.15, -0.1) is 0 Å². The van der Waals surface area contributed by atoms with Gasteiger partial charge in [-0.05, 0) is 43.8 Å². The maximum absolute atomic E-state index is 12.4. The first kappa shape index (κ1) is 17.0. The molecule has 0 unspecified atom stereocenters. The zero-order valence-electron chi connectivity index (χ0n) is 13.1. The number of hydrogen-bond acceptors (Lipinski definition) is 3. The highest BCUT2D eigenvalue weighted by atomic mass is 35.5. The Hall–Kier alpha value is -2.35. The lowest BCUT2D eigenvalue weighted by molar-refractivity contribution is -0.120. The number of nitrogens with one attached hydrogen (secondary N) is 1. The molecule has 0 saturated carbocycles. The van der Waals surface area contributed by atoms with E-state index < -0.39 is 0 Å². The van der Waals surface area contributed by atoms with Crippen LogP contribution in [0.4, 0.5) is 5.69 Å². The molecule has 0 spiro atoms. The maximum atomic E-state index is 12.4. The number of para-hydroxylation sites is 1. The minimum absolute atomic E-state index is 0.149. The Bertz CT molecular complexity index is 722. The van der Waals surface area contributed by atoms with Gasteiger partial charge in [0.25, 0.3) is 0 Å². The summed E-state index contributed by atoms with van der Waals surface area (Å²) >= 11 is 5.88. The maximum Gasteiger partial charge on any atom is 0.241 e. The van der Waals surface area contributed by atoms with Crippen molar-refractivity contribution in [2.24, 2.45) is 0 Å². The molecule has 0 bridgehead atoms. The van der Waals surface area contributed by atoms with E-state index in [2.05, 4.69) is 11.4 Å². The molecule has 118 valence electrons. The van der Waals surface area contributed by atoms with Gasteiger partial charge >= 0.3 is 0 Å². The van der Waals surface area contributed by atoms with Crippen LogP contribution in [0.15, 0.2) is 48.5 Å². The molecule has 1 N–H and O–H groups in total. The first-order valence-electron chi connectivity index (χ1n) is 7.26. The Labute approximate surface area is 141 Å². The number of anilines is 1. The van der Waals surface area contributed by atoms with E-state index in [-0.39, 0.29) is 11.9 Å². The van der Waals surface area contributed by atoms with Gasteiger partial charge in [0.2, 0.25) is 5.91 Å². The van der Waals surface area contributed by atoms with Crippen LogP contribution < -0.4 is 5.32 Å². The summed E-state index contributed by atoms with van der Waals surface area (Å²) in [5, 5.41) is 12.6. The van der Waals surface area contributed by atoms with Crippen LogP contribution in [0.3, 0.4) is 0 Å². The van der Waals surface area contributed by atoms with E-state index in [4.69, 9.17) is 16.9 Å². The van der Waals surface area contributed by atoms with Crippen molar-refractivity contribution >= 4 is 23.2 Å². The molecule has 2 aromatic rings. The number of carbonyl (C=O) groups is 1. The van der Waals surface area contributed by atoms with E-state index in [0.29, 0.717) is 22.8 Å². The summed E-state index contributed by atoms with van der Waals surface area (Å²) in [4.78, 5) is 14.3. The second kappa shape index (κ2) is 7.77. The molecule has 0 saturated heterocycles. The fourth-order valence-corrected chi connectivity index (χ4v) is 2.27. The van der Waals surface area contributed by atoms with Crippen LogP contribution in [0.5, 0.6) is 0 Å². The molecule has 2 aromatic carbocycles. The summed E-state index contributed by atoms with van der Waals surface area (Å²) in [6.45, 7) is 2.46. The third-order valence-corrected chi connectivity index (χ3v) is 3.94. The normalized spacial score (nSPS) is 11.8. The molecule has 1 amide bonds. The van der Waals surface area contributed by atoms with Crippen LogP contribution >= 0.6 is 11.6 Å². The predicted molar refractivity (Wildman–Crippen MR) is 92.2 cm³/mol. The van der Waals surface area contributed by atoms with Gasteiger partial charge in [-0.1, -0.05) is 35.9 Å². The molecular formula is C18H18ClN3O. The molecule has 0 fully saturated rings. The highest BCUT2D eigenvalue weighted by Gasteiger charge is 2.19. The van der Waals surface area contributed by atoms with Gasteiger partial charge in [0.1, 0.15) is 6.07 Å². The number of halogens is 1. The lowest BCUT2D eigenvalue weighted by atomic mass is 10.1. The number of likely N-dealkylation sites (N-methyl/N-ethyl adjacent to an activating group) is 1. The average molecular weight is 328 g/mol. The van der Waals surface area contributed by atoms with Gasteiger partial charge in [-0.25, -0.2) is 0 Å². The largest absolute Gasteiger partial charge is 0.324 e. The summed E-state index contributed by atoms with van der Waals surface area (Å²) < 4.78 is 0. The number of benzene rings is 2. The second-order valence-electron chi connectivity index (χ2n) is 5.36. The molecule has 0 aliphatic carbocycles. The van der Waals surface area contributed by atoms with E-state index in [9.17, 15) is 4.79 Å². The van der Waals surface area contributed by atoms with Crippen molar-refractivity contribution in [1.29, 1.82) is 5.26 Å². The minimum atomic E-state index is -0.336. The first-order valence-corrected chi connectivity index (χ1v) is 7.63. The van der Waals surface area contributed by atoms with Gasteiger partial charge in [-0.3, -0.25) is 9.69 Å². The third-order valence-electron chi connectivity index (χ3n) is 3.69. The van der Waals surface area contributed by atoms with Crippen molar-refractivity contribution in [1.82, 2.24) is 4.90 Å². The summed E-state index contributed by atoms with van der Waals surface area (Å²) in [5.41, 5.74) is 2.06. The van der Waals surface area contributed by atoms with Gasteiger partial charge in [-0.2, -0.15) is 5.26 Å². The molecule has 2 rings (SSSR count). The van der Waals surface area contributed by atoms with Crippen LogP contribution in [0, 0.1) is 11.3 Å². The molecule has 23 heavy (non-hydrogen) atoms. The standard InChI is InChI=1S/C18H18ClN3O/c1-13(22(2)12-14-7-9-16(19)10-8-14)18(23)21-17-6-4-3-5-15(17)11-20/h3-10,13H,12H2,1-2H3,(H,21,23)/t13-/m0/s1. The van der Waals surface area contributed by atoms with Crippen LogP contribution in [0.1, 0.15) is 18.1 Å². The highest BCUT2D eigenvalue weighted by molar-refractivity contribution is 6.30. The smallest absolute Gasteiger partial charge is 0.241 e. The molecule has 1 atom stereocenters. The molecular weight excluding hydrogens is 310 g/mol. The van der Waals surface area contributed by atoms with E-state index in [1.165, 1.54) is 0 Å². The van der Waals surface area contributed by atoms with E-state index in [1.54, 1.807) is 24.3 Å². The van der Waals surface area contributed by atoms with Crippen molar-refractivity contribution in [3.8, 4) is 6.07 Å². The van der Waals surface area contributed by atoms with Crippen LogP contribution in [0.25, 0.3) is 0 Å². The summed E-state index contributed by atoms with van der Waals surface area (Å²) in [6, 6.07) is 16.2. The van der Waals surface area contributed by atoms with Crippen molar-refractivity contribution in [2.45, 2.75) is 19.5 Å². The number of hydrogen-bond donors (Lipinski definition) is 1. The van der Waals surface area contributed by atoms with Crippen molar-refractivity contribution in [3.63, 3.8) is 0 Å². The molecule has 0 radical (unpaired) electrons. The minimum Gasteiger partial charge on any atom is -0.324 e. The van der Waals surface area contributed by atoms with Crippen molar-refractivity contribution in [3.05, 3.63) is 64.7 Å². The SMILES string of the molecule is C[C@@H](C(=O)Nc1ccccc1C#N)N(C)Cc1ccc(Cl)cc1. The topological polar surface area (TPSA) is 56.1 Å². The van der Waals surface area contributed by atoms with Gasteiger partial charge in [0.15, 0.2) is 0 Å². The fourth-order valence-electron chi connectivity index (χ4n) is 2.14. The average Bonchev–Trinajstić information content (AvgIpc) is 2.56. The highest BCUT2D eigenvalue weighted by Crippen LogP contribution is 2.16. The quantitative estimate of drug-likeness (QED) is 0.911. The zero-order valence-corrected chi connectivity index (χ0v) is 13.8. The number of nitrogens with zero attached hydrogens (tertiary/aromatic N) is 2. The molecule has 0 aliphatic heterocycles. The monoisotopic (exact) mass is 327 g/mol. The molecule has 0 heterocycles. The number of amides is 1. The lowest BCUT2D eigenvalue weighted by Gasteiger charge is -2.24. The van der Waals surface area contributed by atoms with Crippen LogP contribution in [0.2, 0.25) is 5.02 Å². The van der Waals surface area contributed by atoms with Crippen LogP contribution in [-0.2, 0) is 11.3 Å². The number of nitriles is 1. The van der Waals surface area contributed by atoms with Crippen LogP contribution in [-0.4, -0.2) is 23.9 Å². The Morgan fingerprint density at radius 2 is 1.91 bits per heavy atom. The third kappa shape index (κ3) is 4.56. The molecule has 5 heteroatoms. The fraction of sp³-hybridized carbons (Fsp3) is 0.222. The zero-order chi connectivity index (χ0) is 16.8. The molecule has 0 aliphatic rings. The second-order valence-corrected chi connectivity index (χ2v) is 5.80.